The van der Waals surface area contributed by atoms with Crippen LogP contribution in [0, 0.1) is 11.3 Å². The van der Waals surface area contributed by atoms with Gasteiger partial charge < -0.3 is 9.47 Å². The van der Waals surface area contributed by atoms with E-state index in [1.54, 1.807) is 12.1 Å². The second-order valence-corrected chi connectivity index (χ2v) is 10.7. The van der Waals surface area contributed by atoms with Crippen molar-refractivity contribution in [1.29, 1.82) is 0 Å². The van der Waals surface area contributed by atoms with Gasteiger partial charge in [0.15, 0.2) is 5.78 Å². The molecule has 0 bridgehead atoms. The van der Waals surface area contributed by atoms with Crippen LogP contribution in [0.25, 0.3) is 0 Å². The van der Waals surface area contributed by atoms with Gasteiger partial charge >= 0.3 is 0 Å². The van der Waals surface area contributed by atoms with Gasteiger partial charge in [0.25, 0.3) is 0 Å². The molecule has 0 fully saturated rings. The predicted molar refractivity (Wildman–Crippen MR) is 124 cm³/mol. The molecule has 0 radical (unpaired) electrons. The number of hydrogen-bond donors (Lipinski definition) is 0. The molecule has 0 saturated heterocycles. The van der Waals surface area contributed by atoms with Crippen LogP contribution in [0.2, 0.25) is 5.02 Å². The van der Waals surface area contributed by atoms with Gasteiger partial charge in [0.2, 0.25) is 0 Å². The van der Waals surface area contributed by atoms with Crippen LogP contribution in [-0.4, -0.2) is 18.0 Å². The van der Waals surface area contributed by atoms with Gasteiger partial charge in [-0.3, -0.25) is 4.79 Å². The summed E-state index contributed by atoms with van der Waals surface area (Å²) in [5.41, 5.74) is 2.73. The number of rotatable bonds is 2. The minimum absolute atomic E-state index is 0.0439. The first-order valence-electron chi connectivity index (χ1n) is 11.0. The molecule has 5 rings (SSSR count). The highest BCUT2D eigenvalue weighted by molar-refractivity contribution is 6.30. The Morgan fingerprint density at radius 1 is 0.969 bits per heavy atom. The summed E-state index contributed by atoms with van der Waals surface area (Å²) in [5, 5.41) is 9.42. The van der Waals surface area contributed by atoms with Crippen molar-refractivity contribution in [2.45, 2.75) is 52.1 Å². The van der Waals surface area contributed by atoms with Gasteiger partial charge in [-0.05, 0) is 61.7 Å². The van der Waals surface area contributed by atoms with Crippen LogP contribution >= 0.6 is 11.6 Å². The lowest BCUT2D eigenvalue weighted by molar-refractivity contribution is -0.124. The summed E-state index contributed by atoms with van der Waals surface area (Å²) in [6.07, 6.45) is 1.30. The Balaban J connectivity index is 1.57. The molecule has 0 N–H and O–H groups in total. The number of benzene rings is 2. The molecule has 2 atom stereocenters. The summed E-state index contributed by atoms with van der Waals surface area (Å²) in [6, 6.07) is 13.1. The average molecular weight is 451 g/mol. The molecule has 0 spiro atoms. The minimum Gasteiger partial charge on any atom is -0.493 e. The zero-order valence-electron chi connectivity index (χ0n) is 18.8. The lowest BCUT2D eigenvalue weighted by atomic mass is 9.64. The summed E-state index contributed by atoms with van der Waals surface area (Å²) >= 11 is 5.95. The van der Waals surface area contributed by atoms with E-state index < -0.39 is 5.60 Å². The molecule has 2 heterocycles. The van der Waals surface area contributed by atoms with E-state index in [1.165, 1.54) is 0 Å². The Kier molecular flexibility index (Phi) is 4.93. The lowest BCUT2D eigenvalue weighted by Gasteiger charge is -2.50. The molecule has 6 heteroatoms. The van der Waals surface area contributed by atoms with Gasteiger partial charge in [-0.15, -0.1) is 0 Å². The van der Waals surface area contributed by atoms with E-state index in [0.29, 0.717) is 18.1 Å². The minimum atomic E-state index is -0.435. The van der Waals surface area contributed by atoms with Crippen LogP contribution in [-0.2, 0) is 9.53 Å². The van der Waals surface area contributed by atoms with E-state index >= 15 is 0 Å². The van der Waals surface area contributed by atoms with Crippen LogP contribution < -0.4 is 4.74 Å². The number of ether oxygens (including phenoxy) is 2. The topological polar surface area (TPSA) is 60.2 Å². The SMILES string of the molecule is CC1(C)CC(=O)C2=C(C1)OC(C)(C)[C@@H]1COc3ccc(N=Nc4ccc(Cl)cc4)cc3[C@H]21. The highest BCUT2D eigenvalue weighted by atomic mass is 35.5. The zero-order chi connectivity index (χ0) is 22.7. The van der Waals surface area contributed by atoms with E-state index in [1.807, 2.05) is 30.3 Å². The molecule has 0 aromatic heterocycles. The van der Waals surface area contributed by atoms with E-state index in [2.05, 4.69) is 37.9 Å². The quantitative estimate of drug-likeness (QED) is 0.451. The Labute approximate surface area is 193 Å². The number of carbonyl (C=O) groups is 1. The van der Waals surface area contributed by atoms with Gasteiger partial charge in [0.05, 0.1) is 18.0 Å². The second-order valence-electron chi connectivity index (χ2n) is 10.3. The molecule has 0 saturated carbocycles. The van der Waals surface area contributed by atoms with Crippen LogP contribution in [0.5, 0.6) is 5.75 Å². The highest BCUT2D eigenvalue weighted by Gasteiger charge is 2.52. The fourth-order valence-electron chi connectivity index (χ4n) is 5.16. The van der Waals surface area contributed by atoms with Crippen LogP contribution in [0.3, 0.4) is 0 Å². The van der Waals surface area contributed by atoms with Crippen molar-refractivity contribution in [3.8, 4) is 5.75 Å². The number of fused-ring (bicyclic) bond motifs is 4. The maximum Gasteiger partial charge on any atom is 0.163 e. The van der Waals surface area contributed by atoms with Crippen molar-refractivity contribution in [1.82, 2.24) is 0 Å². The molecule has 166 valence electrons. The molecule has 0 amide bonds. The fraction of sp³-hybridized carbons (Fsp3) is 0.423. The number of azo groups is 1. The van der Waals surface area contributed by atoms with Crippen LogP contribution in [0.4, 0.5) is 11.4 Å². The molecule has 3 aliphatic rings. The first-order chi connectivity index (χ1) is 15.1. The van der Waals surface area contributed by atoms with Crippen molar-refractivity contribution in [3.05, 3.63) is 64.4 Å². The third-order valence-corrected chi connectivity index (χ3v) is 6.98. The monoisotopic (exact) mass is 450 g/mol. The highest BCUT2D eigenvalue weighted by Crippen LogP contribution is 2.55. The first kappa shape index (κ1) is 21.2. The van der Waals surface area contributed by atoms with Gasteiger partial charge in [-0.25, -0.2) is 0 Å². The van der Waals surface area contributed by atoms with Crippen molar-refractivity contribution in [2.24, 2.45) is 21.6 Å². The van der Waals surface area contributed by atoms with E-state index in [-0.39, 0.29) is 23.0 Å². The van der Waals surface area contributed by atoms with Crippen molar-refractivity contribution >= 4 is 28.8 Å². The molecule has 2 aliphatic heterocycles. The van der Waals surface area contributed by atoms with Crippen molar-refractivity contribution in [2.75, 3.05) is 6.61 Å². The summed E-state index contributed by atoms with van der Waals surface area (Å²) in [4.78, 5) is 13.3. The number of allylic oxidation sites excluding steroid dienone is 2. The molecular weight excluding hydrogens is 424 g/mol. The first-order valence-corrected chi connectivity index (χ1v) is 11.4. The predicted octanol–water partition coefficient (Wildman–Crippen LogP) is 7.30. The van der Waals surface area contributed by atoms with Gasteiger partial charge in [0.1, 0.15) is 17.1 Å². The summed E-state index contributed by atoms with van der Waals surface area (Å²) in [7, 11) is 0. The standard InChI is InChI=1S/C26H27ClN2O3/c1-25(2)12-20(30)24-22(13-25)32-26(3,4)19-14-31-21-10-9-17(11-18(21)23(19)24)29-28-16-7-5-15(27)6-8-16/h5-11,19,23H,12-14H2,1-4H3/t19-,23+/m1/s1. The lowest BCUT2D eigenvalue weighted by Crippen LogP contribution is -2.50. The number of Topliss-reactive ketones (excluding diaryl/α,β-unsaturated/α-hetero) is 1. The Morgan fingerprint density at radius 3 is 2.41 bits per heavy atom. The Morgan fingerprint density at radius 2 is 1.66 bits per heavy atom. The molecule has 2 aromatic carbocycles. The molecule has 32 heavy (non-hydrogen) atoms. The largest absolute Gasteiger partial charge is 0.493 e. The molecule has 0 unspecified atom stereocenters. The normalized spacial score (nSPS) is 25.5. The maximum absolute atomic E-state index is 13.3. The summed E-state index contributed by atoms with van der Waals surface area (Å²) in [6.45, 7) is 8.97. The third kappa shape index (κ3) is 3.73. The van der Waals surface area contributed by atoms with Crippen molar-refractivity contribution < 1.29 is 14.3 Å². The maximum atomic E-state index is 13.3. The number of hydrogen-bond acceptors (Lipinski definition) is 5. The smallest absolute Gasteiger partial charge is 0.163 e. The Hall–Kier alpha value is -2.66. The van der Waals surface area contributed by atoms with E-state index in [4.69, 9.17) is 21.1 Å². The number of carbonyl (C=O) groups excluding carboxylic acids is 1. The molecule has 1 aliphatic carbocycles. The summed E-state index contributed by atoms with van der Waals surface area (Å²) in [5.74, 6) is 1.81. The summed E-state index contributed by atoms with van der Waals surface area (Å²) < 4.78 is 12.6. The van der Waals surface area contributed by atoms with Gasteiger partial charge in [-0.2, -0.15) is 10.2 Å². The van der Waals surface area contributed by atoms with Crippen LogP contribution in [0.15, 0.2) is 64.0 Å². The van der Waals surface area contributed by atoms with E-state index in [0.717, 1.165) is 40.4 Å². The zero-order valence-corrected chi connectivity index (χ0v) is 19.6. The third-order valence-electron chi connectivity index (χ3n) is 6.73. The molecular formula is C26H27ClN2O3. The number of ketones is 1. The van der Waals surface area contributed by atoms with E-state index in [9.17, 15) is 4.79 Å². The molecule has 5 nitrogen and oxygen atoms in total. The number of nitrogens with zero attached hydrogens (tertiary/aromatic N) is 2. The number of halogens is 1. The van der Waals surface area contributed by atoms with Gasteiger partial charge in [0, 0.05) is 40.8 Å². The van der Waals surface area contributed by atoms with Gasteiger partial charge in [-0.1, -0.05) is 25.4 Å². The van der Waals surface area contributed by atoms with Crippen LogP contribution in [0.1, 0.15) is 52.0 Å². The second kappa shape index (κ2) is 7.45. The van der Waals surface area contributed by atoms with Crippen molar-refractivity contribution in [3.63, 3.8) is 0 Å². The fourth-order valence-corrected chi connectivity index (χ4v) is 5.28. The average Bonchev–Trinajstić information content (AvgIpc) is 2.71. The Bertz CT molecular complexity index is 1150. The molecule has 2 aromatic rings.